The fraction of sp³-hybridized carbons (Fsp3) is 0.235. The first kappa shape index (κ1) is 14.8. The second kappa shape index (κ2) is 6.77. The minimum atomic E-state index is 0.180. The molecule has 0 bridgehead atoms. The number of thiazole rings is 1. The fourth-order valence-corrected chi connectivity index (χ4v) is 3.03. The molecular formula is C17H19N3OS. The molecule has 0 aliphatic heterocycles. The monoisotopic (exact) mass is 313 g/mol. The molecule has 22 heavy (non-hydrogen) atoms. The molecular weight excluding hydrogens is 294 g/mol. The molecule has 5 heteroatoms. The summed E-state index contributed by atoms with van der Waals surface area (Å²) in [7, 11) is 4.10. The number of hydrogen-bond acceptors (Lipinski definition) is 5. The highest BCUT2D eigenvalue weighted by Gasteiger charge is 2.17. The van der Waals surface area contributed by atoms with Gasteiger partial charge in [0.2, 0.25) is 0 Å². The highest BCUT2D eigenvalue weighted by Crippen LogP contribution is 2.26. The van der Waals surface area contributed by atoms with Gasteiger partial charge in [0.15, 0.2) is 5.13 Å². The van der Waals surface area contributed by atoms with Crippen LogP contribution in [0, 0.1) is 0 Å². The average Bonchev–Trinajstić information content (AvgIpc) is 3.20. The SMILES string of the molecule is CN(C)C(CNc1nc(-c2ccccc2)cs1)c1ccco1. The van der Waals surface area contributed by atoms with Crippen molar-refractivity contribution in [2.24, 2.45) is 0 Å². The van der Waals surface area contributed by atoms with Gasteiger partial charge in [-0.2, -0.15) is 0 Å². The molecule has 114 valence electrons. The Hall–Kier alpha value is -2.11. The van der Waals surface area contributed by atoms with Crippen LogP contribution in [0.15, 0.2) is 58.5 Å². The smallest absolute Gasteiger partial charge is 0.183 e. The molecule has 0 aliphatic carbocycles. The summed E-state index contributed by atoms with van der Waals surface area (Å²) in [5.74, 6) is 0.956. The lowest BCUT2D eigenvalue weighted by molar-refractivity contribution is 0.269. The molecule has 4 nitrogen and oxygen atoms in total. The molecule has 0 saturated carbocycles. The second-order valence-electron chi connectivity index (χ2n) is 5.28. The van der Waals surface area contributed by atoms with E-state index in [0.717, 1.165) is 28.7 Å². The normalized spacial score (nSPS) is 12.5. The van der Waals surface area contributed by atoms with Crippen molar-refractivity contribution in [2.45, 2.75) is 6.04 Å². The molecule has 2 heterocycles. The minimum Gasteiger partial charge on any atom is -0.468 e. The third-order valence-corrected chi connectivity index (χ3v) is 4.32. The van der Waals surface area contributed by atoms with Crippen LogP contribution in [-0.2, 0) is 0 Å². The van der Waals surface area contributed by atoms with Crippen molar-refractivity contribution in [2.75, 3.05) is 26.0 Å². The number of anilines is 1. The number of benzene rings is 1. The molecule has 2 aromatic heterocycles. The fourth-order valence-electron chi connectivity index (χ4n) is 2.30. The summed E-state index contributed by atoms with van der Waals surface area (Å²) in [5, 5.41) is 6.42. The van der Waals surface area contributed by atoms with Crippen LogP contribution in [0.5, 0.6) is 0 Å². The summed E-state index contributed by atoms with van der Waals surface area (Å²) in [6.45, 7) is 0.752. The maximum absolute atomic E-state index is 5.52. The first-order chi connectivity index (χ1) is 10.7. The first-order valence-corrected chi connectivity index (χ1v) is 8.06. The largest absolute Gasteiger partial charge is 0.468 e. The van der Waals surface area contributed by atoms with E-state index in [9.17, 15) is 0 Å². The zero-order chi connectivity index (χ0) is 15.4. The van der Waals surface area contributed by atoms with E-state index >= 15 is 0 Å². The van der Waals surface area contributed by atoms with Crippen LogP contribution >= 0.6 is 11.3 Å². The van der Waals surface area contributed by atoms with Crippen molar-refractivity contribution in [1.82, 2.24) is 9.88 Å². The van der Waals surface area contributed by atoms with Gasteiger partial charge in [-0.1, -0.05) is 30.3 Å². The molecule has 3 aromatic rings. The van der Waals surface area contributed by atoms with Crippen LogP contribution in [0.2, 0.25) is 0 Å². The molecule has 0 radical (unpaired) electrons. The van der Waals surface area contributed by atoms with Crippen molar-refractivity contribution in [3.8, 4) is 11.3 Å². The molecule has 0 amide bonds. The molecule has 0 spiro atoms. The Morgan fingerprint density at radius 1 is 1.18 bits per heavy atom. The van der Waals surface area contributed by atoms with Crippen LogP contribution in [0.4, 0.5) is 5.13 Å². The van der Waals surface area contributed by atoms with Crippen molar-refractivity contribution in [3.63, 3.8) is 0 Å². The maximum Gasteiger partial charge on any atom is 0.183 e. The molecule has 1 N–H and O–H groups in total. The standard InChI is InChI=1S/C17H19N3OS/c1-20(2)15(16-9-6-10-21-16)11-18-17-19-14(12-22-17)13-7-4-3-5-8-13/h3-10,12,15H,11H2,1-2H3,(H,18,19). The van der Waals surface area contributed by atoms with E-state index in [4.69, 9.17) is 4.42 Å². The van der Waals surface area contributed by atoms with Crippen molar-refractivity contribution in [1.29, 1.82) is 0 Å². The minimum absolute atomic E-state index is 0.180. The number of nitrogens with zero attached hydrogens (tertiary/aromatic N) is 2. The van der Waals surface area contributed by atoms with E-state index in [0.29, 0.717) is 0 Å². The summed E-state index contributed by atoms with van der Waals surface area (Å²) in [6, 6.07) is 14.3. The maximum atomic E-state index is 5.52. The van der Waals surface area contributed by atoms with Crippen LogP contribution in [-0.4, -0.2) is 30.5 Å². The predicted molar refractivity (Wildman–Crippen MR) is 91.2 cm³/mol. The van der Waals surface area contributed by atoms with Gasteiger partial charge in [0.25, 0.3) is 0 Å². The van der Waals surface area contributed by atoms with Gasteiger partial charge in [-0.15, -0.1) is 11.3 Å². The second-order valence-corrected chi connectivity index (χ2v) is 6.14. The molecule has 1 unspecified atom stereocenters. The summed E-state index contributed by atoms with van der Waals surface area (Å²) in [6.07, 6.45) is 1.71. The quantitative estimate of drug-likeness (QED) is 0.743. The lowest BCUT2D eigenvalue weighted by Crippen LogP contribution is -2.26. The van der Waals surface area contributed by atoms with Crippen molar-refractivity contribution >= 4 is 16.5 Å². The van der Waals surface area contributed by atoms with Gasteiger partial charge in [0.1, 0.15) is 5.76 Å². The van der Waals surface area contributed by atoms with E-state index in [2.05, 4.69) is 32.7 Å². The van der Waals surface area contributed by atoms with E-state index < -0.39 is 0 Å². The number of hydrogen-bond donors (Lipinski definition) is 1. The number of likely N-dealkylation sites (N-methyl/N-ethyl adjacent to an activating group) is 1. The van der Waals surface area contributed by atoms with Crippen molar-refractivity contribution in [3.05, 3.63) is 59.9 Å². The van der Waals surface area contributed by atoms with Gasteiger partial charge in [-0.3, -0.25) is 4.90 Å². The van der Waals surface area contributed by atoms with Gasteiger partial charge in [0.05, 0.1) is 18.0 Å². The van der Waals surface area contributed by atoms with Crippen LogP contribution in [0.25, 0.3) is 11.3 Å². The zero-order valence-corrected chi connectivity index (χ0v) is 13.5. The number of rotatable bonds is 6. The highest BCUT2D eigenvalue weighted by molar-refractivity contribution is 7.14. The summed E-state index contributed by atoms with van der Waals surface area (Å²) < 4.78 is 5.52. The molecule has 0 aliphatic rings. The summed E-state index contributed by atoms with van der Waals surface area (Å²) >= 11 is 1.62. The summed E-state index contributed by atoms with van der Waals surface area (Å²) in [5.41, 5.74) is 2.15. The Kier molecular flexibility index (Phi) is 4.56. The van der Waals surface area contributed by atoms with Crippen LogP contribution in [0.3, 0.4) is 0 Å². The van der Waals surface area contributed by atoms with E-state index in [1.54, 1.807) is 17.6 Å². The Morgan fingerprint density at radius 2 is 2.00 bits per heavy atom. The zero-order valence-electron chi connectivity index (χ0n) is 12.7. The average molecular weight is 313 g/mol. The molecule has 0 saturated heterocycles. The van der Waals surface area contributed by atoms with E-state index in [1.807, 2.05) is 44.4 Å². The topological polar surface area (TPSA) is 41.3 Å². The molecule has 3 rings (SSSR count). The molecule has 1 atom stereocenters. The Labute approximate surface area is 134 Å². The number of aromatic nitrogens is 1. The third kappa shape index (κ3) is 3.37. The van der Waals surface area contributed by atoms with Gasteiger partial charge in [0, 0.05) is 17.5 Å². The molecule has 0 fully saturated rings. The number of furan rings is 1. The van der Waals surface area contributed by atoms with E-state index in [1.165, 1.54) is 0 Å². The Morgan fingerprint density at radius 3 is 2.68 bits per heavy atom. The van der Waals surface area contributed by atoms with Crippen molar-refractivity contribution < 1.29 is 4.42 Å². The highest BCUT2D eigenvalue weighted by atomic mass is 32.1. The lowest BCUT2D eigenvalue weighted by Gasteiger charge is -2.22. The lowest BCUT2D eigenvalue weighted by atomic mass is 10.2. The van der Waals surface area contributed by atoms with Gasteiger partial charge < -0.3 is 9.73 Å². The van der Waals surface area contributed by atoms with Crippen LogP contribution < -0.4 is 5.32 Å². The van der Waals surface area contributed by atoms with Gasteiger partial charge in [-0.25, -0.2) is 4.98 Å². The van der Waals surface area contributed by atoms with Gasteiger partial charge in [-0.05, 0) is 26.2 Å². The molecule has 1 aromatic carbocycles. The van der Waals surface area contributed by atoms with Gasteiger partial charge >= 0.3 is 0 Å². The van der Waals surface area contributed by atoms with E-state index in [-0.39, 0.29) is 6.04 Å². The summed E-state index contributed by atoms with van der Waals surface area (Å²) in [4.78, 5) is 6.79. The third-order valence-electron chi connectivity index (χ3n) is 3.52. The Balaban J connectivity index is 1.68. The Bertz CT molecular complexity index is 692. The first-order valence-electron chi connectivity index (χ1n) is 7.18. The van der Waals surface area contributed by atoms with Crippen LogP contribution in [0.1, 0.15) is 11.8 Å². The predicted octanol–water partition coefficient (Wildman–Crippen LogP) is 4.12. The number of nitrogens with one attached hydrogen (secondary N) is 1.